The van der Waals surface area contributed by atoms with Gasteiger partial charge in [-0.05, 0) is 12.1 Å². The van der Waals surface area contributed by atoms with Crippen LogP contribution < -0.4 is 0 Å². The largest absolute Gasteiger partial charge is 0.464 e. The fourth-order valence-corrected chi connectivity index (χ4v) is 0.501. The van der Waals surface area contributed by atoms with Crippen LogP contribution in [0, 0.1) is 0 Å². The van der Waals surface area contributed by atoms with Crippen molar-refractivity contribution in [2.45, 2.75) is 0 Å². The van der Waals surface area contributed by atoms with Gasteiger partial charge in [-0.2, -0.15) is 0 Å². The predicted molar refractivity (Wildman–Crippen MR) is 35.6 cm³/mol. The van der Waals surface area contributed by atoms with Crippen LogP contribution in [-0.4, -0.2) is 18.1 Å². The maximum atomic E-state index is 10.9. The molecule has 0 aliphatic rings. The fraction of sp³-hybridized carbons (Fsp3) is 0.143. The predicted octanol–water partition coefficient (Wildman–Crippen LogP) is 0.868. The quantitative estimate of drug-likeness (QED) is 0.542. The van der Waals surface area contributed by atoms with Crippen molar-refractivity contribution in [3.05, 3.63) is 30.0 Å². The molecular formula is C7H7NO2. The minimum Gasteiger partial charge on any atom is -0.464 e. The van der Waals surface area contributed by atoms with Crippen molar-refractivity contribution >= 4 is 5.97 Å². The summed E-state index contributed by atoms with van der Waals surface area (Å²) < 4.78 is 18.7. The summed E-state index contributed by atoms with van der Waals surface area (Å²) in [5.41, 5.74) is -0.00463. The van der Waals surface area contributed by atoms with Crippen molar-refractivity contribution in [3.63, 3.8) is 0 Å². The van der Waals surface area contributed by atoms with E-state index in [4.69, 9.17) is 2.74 Å². The van der Waals surface area contributed by atoms with Crippen LogP contribution in [0.15, 0.2) is 24.3 Å². The maximum Gasteiger partial charge on any atom is 0.356 e. The van der Waals surface area contributed by atoms with Crippen molar-refractivity contribution in [1.29, 1.82) is 0 Å². The van der Waals surface area contributed by atoms with Crippen LogP contribution in [0.4, 0.5) is 0 Å². The monoisotopic (exact) mass is 139 g/mol. The topological polar surface area (TPSA) is 39.2 Å². The molecule has 0 radical (unpaired) electrons. The Morgan fingerprint density at radius 1 is 1.90 bits per heavy atom. The Morgan fingerprint density at radius 2 is 2.70 bits per heavy atom. The van der Waals surface area contributed by atoms with Gasteiger partial charge in [-0.1, -0.05) is 6.04 Å². The normalized spacial score (nSPS) is 11.7. The highest BCUT2D eigenvalue weighted by molar-refractivity contribution is 5.86. The second kappa shape index (κ2) is 2.96. The first-order chi connectivity index (χ1) is 5.63. The molecule has 0 saturated heterocycles. The number of carbonyl (C=O) groups excluding carboxylic acids is 1. The highest BCUT2D eigenvalue weighted by atomic mass is 16.5. The summed E-state index contributed by atoms with van der Waals surface area (Å²) in [6, 6.07) is 2.58. The first-order valence-corrected chi connectivity index (χ1v) is 2.67. The van der Waals surface area contributed by atoms with Gasteiger partial charge < -0.3 is 4.74 Å². The SMILES string of the molecule is [2H]c1cc([2H])nc(C(=O)OC)c1. The summed E-state index contributed by atoms with van der Waals surface area (Å²) in [5.74, 6) is -0.627. The molecule has 0 aliphatic heterocycles. The molecule has 0 atom stereocenters. The van der Waals surface area contributed by atoms with Gasteiger partial charge in [0.1, 0.15) is 5.69 Å². The van der Waals surface area contributed by atoms with Crippen molar-refractivity contribution in [1.82, 2.24) is 4.98 Å². The lowest BCUT2D eigenvalue weighted by Gasteiger charge is -1.94. The average Bonchev–Trinajstić information content (AvgIpc) is 2.01. The van der Waals surface area contributed by atoms with Crippen molar-refractivity contribution < 1.29 is 12.3 Å². The number of carbonyl (C=O) groups is 1. The van der Waals surface area contributed by atoms with E-state index in [2.05, 4.69) is 9.72 Å². The molecule has 10 heavy (non-hydrogen) atoms. The lowest BCUT2D eigenvalue weighted by Crippen LogP contribution is -2.02. The third-order valence-corrected chi connectivity index (χ3v) is 0.947. The van der Waals surface area contributed by atoms with Gasteiger partial charge in [0, 0.05) is 6.17 Å². The van der Waals surface area contributed by atoms with Gasteiger partial charge >= 0.3 is 5.97 Å². The van der Waals surface area contributed by atoms with Gasteiger partial charge in [0.25, 0.3) is 0 Å². The number of aromatic nitrogens is 1. The number of hydrogen-bond donors (Lipinski definition) is 0. The van der Waals surface area contributed by atoms with Gasteiger partial charge in [0.2, 0.25) is 0 Å². The van der Waals surface area contributed by atoms with Gasteiger partial charge in [-0.15, -0.1) is 0 Å². The molecule has 0 aromatic carbocycles. The van der Waals surface area contributed by atoms with E-state index in [-0.39, 0.29) is 17.9 Å². The molecule has 0 spiro atoms. The summed E-state index contributed by atoms with van der Waals surface area (Å²) in [7, 11) is 1.23. The minimum absolute atomic E-state index is 0.00463. The third-order valence-electron chi connectivity index (χ3n) is 0.947. The number of pyridine rings is 1. The molecule has 0 fully saturated rings. The molecule has 3 nitrogen and oxygen atoms in total. The molecule has 0 saturated carbocycles. The van der Waals surface area contributed by atoms with Crippen LogP contribution in [0.5, 0.6) is 0 Å². The summed E-state index contributed by atoms with van der Waals surface area (Å²) in [4.78, 5) is 14.4. The number of ether oxygens (including phenoxy) is 1. The molecular weight excluding hydrogens is 130 g/mol. The highest BCUT2D eigenvalue weighted by Gasteiger charge is 2.02. The molecule has 0 amide bonds. The minimum atomic E-state index is -0.627. The van der Waals surface area contributed by atoms with E-state index in [9.17, 15) is 4.79 Å². The van der Waals surface area contributed by atoms with Gasteiger partial charge in [0.15, 0.2) is 0 Å². The summed E-state index contributed by atoms with van der Waals surface area (Å²) in [5, 5.41) is 0. The first-order valence-electron chi connectivity index (χ1n) is 3.67. The van der Waals surface area contributed by atoms with Crippen LogP contribution >= 0.6 is 0 Å². The molecule has 52 valence electrons. The second-order valence-electron chi connectivity index (χ2n) is 1.57. The van der Waals surface area contributed by atoms with E-state index < -0.39 is 5.97 Å². The highest BCUT2D eigenvalue weighted by Crippen LogP contribution is 1.93. The Hall–Kier alpha value is -1.38. The zero-order valence-electron chi connectivity index (χ0n) is 7.42. The van der Waals surface area contributed by atoms with E-state index in [1.807, 2.05) is 0 Å². The zero-order chi connectivity index (χ0) is 9.14. The summed E-state index contributed by atoms with van der Waals surface area (Å²) >= 11 is 0. The Labute approximate surface area is 61.5 Å². The summed E-state index contributed by atoms with van der Waals surface area (Å²) in [6.45, 7) is 0. The molecule has 0 N–H and O–H groups in total. The standard InChI is InChI=1S/C7H7NO2/c1-10-7(9)6-4-2-3-5-8-6/h2-5H,1H3/i2D,5D. The van der Waals surface area contributed by atoms with Crippen molar-refractivity contribution in [3.8, 4) is 0 Å². The molecule has 1 heterocycles. The molecule has 1 rings (SSSR count). The maximum absolute atomic E-state index is 10.9. The Balaban J connectivity index is 3.08. The van der Waals surface area contributed by atoms with Crippen LogP contribution in [0.3, 0.4) is 0 Å². The van der Waals surface area contributed by atoms with E-state index in [0.717, 1.165) is 0 Å². The third kappa shape index (κ3) is 1.31. The van der Waals surface area contributed by atoms with Crippen LogP contribution in [0.2, 0.25) is 0 Å². The number of esters is 1. The fourth-order valence-electron chi connectivity index (χ4n) is 0.501. The molecule has 0 aliphatic carbocycles. The van der Waals surface area contributed by atoms with Gasteiger partial charge in [-0.3, -0.25) is 0 Å². The lowest BCUT2D eigenvalue weighted by molar-refractivity contribution is 0.0594. The van der Waals surface area contributed by atoms with E-state index in [1.165, 1.54) is 19.2 Å². The average molecular weight is 139 g/mol. The number of rotatable bonds is 1. The number of nitrogens with zero attached hydrogens (tertiary/aromatic N) is 1. The molecule has 1 aromatic heterocycles. The second-order valence-corrected chi connectivity index (χ2v) is 1.57. The molecule has 3 heteroatoms. The Kier molecular flexibility index (Phi) is 1.31. The van der Waals surface area contributed by atoms with E-state index >= 15 is 0 Å². The lowest BCUT2D eigenvalue weighted by atomic mass is 10.4. The van der Waals surface area contributed by atoms with Crippen molar-refractivity contribution in [2.75, 3.05) is 7.11 Å². The summed E-state index contributed by atoms with van der Waals surface area (Å²) in [6.07, 6.45) is -0.108. The van der Waals surface area contributed by atoms with Crippen LogP contribution in [-0.2, 0) is 4.74 Å². The van der Waals surface area contributed by atoms with Crippen molar-refractivity contribution in [2.24, 2.45) is 0 Å². The number of methoxy groups -OCH3 is 1. The van der Waals surface area contributed by atoms with E-state index in [1.54, 1.807) is 0 Å². The molecule has 0 unspecified atom stereocenters. The van der Waals surface area contributed by atoms with Gasteiger partial charge in [0.05, 0.1) is 9.85 Å². The Morgan fingerprint density at radius 3 is 3.30 bits per heavy atom. The Bertz CT molecular complexity index is 294. The van der Waals surface area contributed by atoms with Crippen LogP contribution in [0.1, 0.15) is 13.2 Å². The number of hydrogen-bond acceptors (Lipinski definition) is 3. The van der Waals surface area contributed by atoms with Crippen LogP contribution in [0.25, 0.3) is 0 Å². The zero-order valence-corrected chi connectivity index (χ0v) is 5.42. The van der Waals surface area contributed by atoms with E-state index in [0.29, 0.717) is 0 Å². The smallest absolute Gasteiger partial charge is 0.356 e. The first kappa shape index (κ1) is 4.44. The van der Waals surface area contributed by atoms with Gasteiger partial charge in [-0.25, -0.2) is 9.78 Å². The molecule has 0 bridgehead atoms. The molecule has 1 aromatic rings.